The number of halogens is 2. The van der Waals surface area contributed by atoms with E-state index in [0.29, 0.717) is 16.7 Å². The number of hydrogen-bond acceptors (Lipinski definition) is 2. The minimum absolute atomic E-state index is 0.303. The van der Waals surface area contributed by atoms with Crippen molar-refractivity contribution in [3.05, 3.63) is 58.6 Å². The fourth-order valence-corrected chi connectivity index (χ4v) is 1.81. The SMILES string of the molecule is O=C(NCc1cccnc1)Nc1ccc(F)c(Br)c1. The summed E-state index contributed by atoms with van der Waals surface area (Å²) in [6.07, 6.45) is 3.34. The number of aromatic nitrogens is 1. The zero-order chi connectivity index (χ0) is 13.7. The van der Waals surface area contributed by atoms with Crippen molar-refractivity contribution in [2.75, 3.05) is 5.32 Å². The Bertz CT molecular complexity index is 577. The molecule has 0 spiro atoms. The lowest BCUT2D eigenvalue weighted by molar-refractivity contribution is 0.251. The predicted octanol–water partition coefficient (Wildman–Crippen LogP) is 3.30. The van der Waals surface area contributed by atoms with Crippen molar-refractivity contribution in [3.8, 4) is 0 Å². The van der Waals surface area contributed by atoms with Crippen molar-refractivity contribution in [2.45, 2.75) is 6.54 Å². The number of carbonyl (C=O) groups is 1. The molecule has 98 valence electrons. The van der Waals surface area contributed by atoms with Crippen LogP contribution in [-0.4, -0.2) is 11.0 Å². The molecule has 19 heavy (non-hydrogen) atoms. The molecule has 0 bridgehead atoms. The van der Waals surface area contributed by atoms with E-state index in [2.05, 4.69) is 31.5 Å². The summed E-state index contributed by atoms with van der Waals surface area (Å²) >= 11 is 3.06. The Labute approximate surface area is 118 Å². The van der Waals surface area contributed by atoms with Crippen LogP contribution in [0.4, 0.5) is 14.9 Å². The quantitative estimate of drug-likeness (QED) is 0.910. The van der Waals surface area contributed by atoms with E-state index >= 15 is 0 Å². The van der Waals surface area contributed by atoms with Crippen LogP contribution in [0.25, 0.3) is 0 Å². The molecule has 0 radical (unpaired) electrons. The van der Waals surface area contributed by atoms with Crippen molar-refractivity contribution < 1.29 is 9.18 Å². The largest absolute Gasteiger partial charge is 0.334 e. The van der Waals surface area contributed by atoms with Crippen LogP contribution in [0, 0.1) is 5.82 Å². The van der Waals surface area contributed by atoms with Crippen LogP contribution < -0.4 is 10.6 Å². The van der Waals surface area contributed by atoms with Gasteiger partial charge in [0.15, 0.2) is 0 Å². The molecule has 1 aromatic heterocycles. The summed E-state index contributed by atoms with van der Waals surface area (Å²) in [5.41, 5.74) is 1.41. The third kappa shape index (κ3) is 4.03. The van der Waals surface area contributed by atoms with E-state index in [4.69, 9.17) is 0 Å². The second-order valence-electron chi connectivity index (χ2n) is 3.80. The lowest BCUT2D eigenvalue weighted by Crippen LogP contribution is -2.28. The van der Waals surface area contributed by atoms with Crippen LogP contribution in [0.15, 0.2) is 47.2 Å². The highest BCUT2D eigenvalue weighted by molar-refractivity contribution is 9.10. The number of urea groups is 1. The van der Waals surface area contributed by atoms with Crippen molar-refractivity contribution >= 4 is 27.6 Å². The molecule has 1 heterocycles. The number of pyridine rings is 1. The van der Waals surface area contributed by atoms with E-state index in [9.17, 15) is 9.18 Å². The molecule has 0 aliphatic carbocycles. The summed E-state index contributed by atoms with van der Waals surface area (Å²) in [4.78, 5) is 15.6. The molecule has 2 rings (SSSR count). The van der Waals surface area contributed by atoms with E-state index in [1.807, 2.05) is 6.07 Å². The third-order valence-electron chi connectivity index (χ3n) is 2.35. The minimum atomic E-state index is -0.374. The summed E-state index contributed by atoms with van der Waals surface area (Å²) in [7, 11) is 0. The molecule has 2 N–H and O–H groups in total. The van der Waals surface area contributed by atoms with Crippen LogP contribution in [0.1, 0.15) is 5.56 Å². The number of nitrogens with one attached hydrogen (secondary N) is 2. The number of amides is 2. The second-order valence-corrected chi connectivity index (χ2v) is 4.65. The van der Waals surface area contributed by atoms with Gasteiger partial charge in [-0.3, -0.25) is 4.98 Å². The predicted molar refractivity (Wildman–Crippen MR) is 74.2 cm³/mol. The van der Waals surface area contributed by atoms with Gasteiger partial charge in [-0.2, -0.15) is 0 Å². The highest BCUT2D eigenvalue weighted by Gasteiger charge is 2.04. The van der Waals surface area contributed by atoms with E-state index in [0.717, 1.165) is 5.56 Å². The summed E-state index contributed by atoms with van der Waals surface area (Å²) in [5.74, 6) is -0.374. The van der Waals surface area contributed by atoms with E-state index in [1.165, 1.54) is 18.2 Å². The maximum atomic E-state index is 13.0. The van der Waals surface area contributed by atoms with Gasteiger partial charge in [0.25, 0.3) is 0 Å². The average molecular weight is 324 g/mol. The summed E-state index contributed by atoms with van der Waals surface area (Å²) < 4.78 is 13.3. The van der Waals surface area contributed by atoms with Gasteiger partial charge >= 0.3 is 6.03 Å². The van der Waals surface area contributed by atoms with Crippen molar-refractivity contribution in [3.63, 3.8) is 0 Å². The lowest BCUT2D eigenvalue weighted by atomic mass is 10.3. The van der Waals surface area contributed by atoms with E-state index < -0.39 is 0 Å². The lowest BCUT2D eigenvalue weighted by Gasteiger charge is -2.08. The Kier molecular flexibility index (Phi) is 4.46. The van der Waals surface area contributed by atoms with Gasteiger partial charge in [-0.1, -0.05) is 6.07 Å². The minimum Gasteiger partial charge on any atom is -0.334 e. The molecule has 0 saturated carbocycles. The van der Waals surface area contributed by atoms with Crippen molar-refractivity contribution in [1.29, 1.82) is 0 Å². The fourth-order valence-electron chi connectivity index (χ4n) is 1.43. The maximum Gasteiger partial charge on any atom is 0.319 e. The van der Waals surface area contributed by atoms with Crippen LogP contribution in [0.5, 0.6) is 0 Å². The zero-order valence-electron chi connectivity index (χ0n) is 9.86. The molecular weight excluding hydrogens is 313 g/mol. The third-order valence-corrected chi connectivity index (χ3v) is 2.96. The number of rotatable bonds is 3. The standard InChI is InChI=1S/C13H11BrFN3O/c14-11-6-10(3-4-12(11)15)18-13(19)17-8-9-2-1-5-16-7-9/h1-7H,8H2,(H2,17,18,19). The average Bonchev–Trinajstić information content (AvgIpc) is 2.42. The van der Waals surface area contributed by atoms with Gasteiger partial charge in [0, 0.05) is 24.6 Å². The Morgan fingerprint density at radius 1 is 1.37 bits per heavy atom. The first kappa shape index (κ1) is 13.5. The Morgan fingerprint density at radius 2 is 2.21 bits per heavy atom. The number of anilines is 1. The Hall–Kier alpha value is -1.95. The van der Waals surface area contributed by atoms with Gasteiger partial charge in [0.1, 0.15) is 5.82 Å². The first-order chi connectivity index (χ1) is 9.15. The molecule has 0 aliphatic heterocycles. The number of nitrogens with zero attached hydrogens (tertiary/aromatic N) is 1. The fraction of sp³-hybridized carbons (Fsp3) is 0.0769. The van der Waals surface area contributed by atoms with Crippen molar-refractivity contribution in [2.24, 2.45) is 0 Å². The second kappa shape index (κ2) is 6.29. The molecular formula is C13H11BrFN3O. The van der Waals surface area contributed by atoms with Crippen LogP contribution >= 0.6 is 15.9 Å². The number of carbonyl (C=O) groups excluding carboxylic acids is 1. The summed E-state index contributed by atoms with van der Waals surface area (Å²) in [6.45, 7) is 0.377. The number of benzene rings is 1. The van der Waals surface area contributed by atoms with Gasteiger partial charge in [-0.05, 0) is 45.8 Å². The highest BCUT2D eigenvalue weighted by Crippen LogP contribution is 2.19. The molecule has 2 amide bonds. The molecule has 4 nitrogen and oxygen atoms in total. The van der Waals surface area contributed by atoms with Gasteiger partial charge in [-0.15, -0.1) is 0 Å². The smallest absolute Gasteiger partial charge is 0.319 e. The van der Waals surface area contributed by atoms with Crippen molar-refractivity contribution in [1.82, 2.24) is 10.3 Å². The molecule has 0 unspecified atom stereocenters. The topological polar surface area (TPSA) is 54.0 Å². The molecule has 0 aliphatic rings. The van der Waals surface area contributed by atoms with Crippen LogP contribution in [0.2, 0.25) is 0 Å². The first-order valence-electron chi connectivity index (χ1n) is 5.54. The summed E-state index contributed by atoms with van der Waals surface area (Å²) in [5, 5.41) is 5.30. The highest BCUT2D eigenvalue weighted by atomic mass is 79.9. The van der Waals surface area contributed by atoms with Crippen LogP contribution in [0.3, 0.4) is 0 Å². The molecule has 6 heteroatoms. The molecule has 0 saturated heterocycles. The van der Waals surface area contributed by atoms with Crippen LogP contribution in [-0.2, 0) is 6.54 Å². The van der Waals surface area contributed by atoms with Gasteiger partial charge in [0.05, 0.1) is 4.47 Å². The van der Waals surface area contributed by atoms with Gasteiger partial charge in [0.2, 0.25) is 0 Å². The van der Waals surface area contributed by atoms with Gasteiger partial charge in [-0.25, -0.2) is 9.18 Å². The monoisotopic (exact) mass is 323 g/mol. The van der Waals surface area contributed by atoms with E-state index in [1.54, 1.807) is 18.5 Å². The maximum absolute atomic E-state index is 13.0. The molecule has 0 fully saturated rings. The van der Waals surface area contributed by atoms with E-state index in [-0.39, 0.29) is 11.8 Å². The first-order valence-corrected chi connectivity index (χ1v) is 6.33. The molecule has 2 aromatic rings. The Morgan fingerprint density at radius 3 is 2.89 bits per heavy atom. The normalized spacial score (nSPS) is 10.0. The number of hydrogen-bond donors (Lipinski definition) is 2. The zero-order valence-corrected chi connectivity index (χ0v) is 11.4. The summed E-state index contributed by atoms with van der Waals surface area (Å²) in [6, 6.07) is 7.57. The molecule has 0 atom stereocenters. The molecule has 1 aromatic carbocycles. The van der Waals surface area contributed by atoms with Gasteiger partial charge < -0.3 is 10.6 Å². The Balaban J connectivity index is 1.89.